The second-order valence-electron chi connectivity index (χ2n) is 6.38. The van der Waals surface area contributed by atoms with E-state index in [1.807, 2.05) is 0 Å². The summed E-state index contributed by atoms with van der Waals surface area (Å²) in [5.74, 6) is 0.418. The number of thiocarbonyl (C=S) groups is 1. The fraction of sp³-hybridized carbons (Fsp3) is 0.867. The highest BCUT2D eigenvalue weighted by Gasteiger charge is 2.42. The Kier molecular flexibility index (Phi) is 5.96. The largest absolute Gasteiger partial charge is 0.392 e. The molecule has 1 atom stereocenters. The van der Waals surface area contributed by atoms with Crippen LogP contribution in [0, 0.1) is 11.3 Å². The van der Waals surface area contributed by atoms with Crippen molar-refractivity contribution in [3.8, 4) is 0 Å². The van der Waals surface area contributed by atoms with Crippen molar-refractivity contribution >= 4 is 23.1 Å². The average molecular weight is 313 g/mol. The van der Waals surface area contributed by atoms with Gasteiger partial charge in [-0.1, -0.05) is 19.1 Å². The summed E-state index contributed by atoms with van der Waals surface area (Å²) in [5.41, 5.74) is 5.14. The number of amides is 1. The van der Waals surface area contributed by atoms with Crippen LogP contribution >= 0.6 is 12.2 Å². The van der Waals surface area contributed by atoms with E-state index in [0.717, 1.165) is 6.54 Å². The van der Waals surface area contributed by atoms with Crippen LogP contribution in [0.25, 0.3) is 0 Å². The Bertz CT molecular complexity index is 377. The Hall–Kier alpha value is -0.720. The number of nitrogens with one attached hydrogen (secondary N) is 1. The molecule has 21 heavy (non-hydrogen) atoms. The highest BCUT2D eigenvalue weighted by atomic mass is 32.1. The van der Waals surface area contributed by atoms with Crippen molar-refractivity contribution in [1.82, 2.24) is 10.2 Å². The minimum atomic E-state index is -0.707. The third kappa shape index (κ3) is 4.14. The van der Waals surface area contributed by atoms with Gasteiger partial charge in [0.15, 0.2) is 0 Å². The number of nitrogens with zero attached hydrogens (tertiary/aromatic N) is 1. The maximum Gasteiger partial charge on any atom is 0.233 e. The molecule has 0 aromatic carbocycles. The van der Waals surface area contributed by atoms with E-state index in [9.17, 15) is 4.79 Å². The van der Waals surface area contributed by atoms with Gasteiger partial charge in [0.1, 0.15) is 5.41 Å². The number of carbonyl (C=O) groups is 1. The van der Waals surface area contributed by atoms with Crippen molar-refractivity contribution < 1.29 is 9.53 Å². The highest BCUT2D eigenvalue weighted by molar-refractivity contribution is 7.80. The first-order valence-electron chi connectivity index (χ1n) is 7.93. The van der Waals surface area contributed by atoms with Gasteiger partial charge in [-0.15, -0.1) is 0 Å². The molecule has 0 bridgehead atoms. The van der Waals surface area contributed by atoms with Gasteiger partial charge in [-0.25, -0.2) is 0 Å². The quantitative estimate of drug-likeness (QED) is 0.714. The molecule has 2 aliphatic rings. The number of hydrogen-bond donors (Lipinski definition) is 2. The molecular formula is C15H27N3O2S. The molecule has 0 aliphatic carbocycles. The molecule has 0 saturated carbocycles. The van der Waals surface area contributed by atoms with Gasteiger partial charge in [0.25, 0.3) is 0 Å². The number of nitrogens with two attached hydrogens (primary N) is 1. The topological polar surface area (TPSA) is 67.6 Å². The molecule has 2 saturated heterocycles. The Morgan fingerprint density at radius 1 is 1.38 bits per heavy atom. The lowest BCUT2D eigenvalue weighted by atomic mass is 9.79. The zero-order valence-electron chi connectivity index (χ0n) is 12.9. The van der Waals surface area contributed by atoms with Crippen LogP contribution in [0.1, 0.15) is 32.6 Å². The normalized spacial score (nSPS) is 23.7. The molecule has 3 N–H and O–H groups in total. The van der Waals surface area contributed by atoms with Crippen LogP contribution in [0.4, 0.5) is 0 Å². The molecule has 0 radical (unpaired) electrons. The molecule has 6 heteroatoms. The van der Waals surface area contributed by atoms with Gasteiger partial charge in [-0.3, -0.25) is 4.79 Å². The van der Waals surface area contributed by atoms with Gasteiger partial charge >= 0.3 is 0 Å². The van der Waals surface area contributed by atoms with Crippen LogP contribution in [0.3, 0.4) is 0 Å². The van der Waals surface area contributed by atoms with Crippen LogP contribution < -0.4 is 11.1 Å². The minimum absolute atomic E-state index is 0.0217. The molecule has 5 nitrogen and oxygen atoms in total. The van der Waals surface area contributed by atoms with Gasteiger partial charge in [0.2, 0.25) is 5.91 Å². The molecular weight excluding hydrogens is 286 g/mol. The summed E-state index contributed by atoms with van der Waals surface area (Å²) >= 11 is 5.15. The van der Waals surface area contributed by atoms with E-state index in [4.69, 9.17) is 22.7 Å². The van der Waals surface area contributed by atoms with Crippen molar-refractivity contribution in [3.05, 3.63) is 0 Å². The predicted molar refractivity (Wildman–Crippen MR) is 87.1 cm³/mol. The summed E-state index contributed by atoms with van der Waals surface area (Å²) in [4.78, 5) is 15.3. The molecule has 0 aromatic rings. The van der Waals surface area contributed by atoms with E-state index in [2.05, 4.69) is 17.1 Å². The molecule has 1 unspecified atom stereocenters. The van der Waals surface area contributed by atoms with Crippen molar-refractivity contribution in [3.63, 3.8) is 0 Å². The van der Waals surface area contributed by atoms with Crippen molar-refractivity contribution in [2.24, 2.45) is 17.1 Å². The van der Waals surface area contributed by atoms with E-state index in [1.54, 1.807) is 0 Å². The van der Waals surface area contributed by atoms with Crippen LogP contribution in [-0.2, 0) is 9.53 Å². The Morgan fingerprint density at radius 3 is 2.57 bits per heavy atom. The van der Waals surface area contributed by atoms with Gasteiger partial charge < -0.3 is 20.7 Å². The zero-order chi connectivity index (χ0) is 15.3. The van der Waals surface area contributed by atoms with Crippen LogP contribution in [0.5, 0.6) is 0 Å². The smallest absolute Gasteiger partial charge is 0.233 e. The van der Waals surface area contributed by atoms with Crippen LogP contribution in [-0.4, -0.2) is 55.2 Å². The molecule has 2 heterocycles. The fourth-order valence-corrected chi connectivity index (χ4v) is 3.51. The first-order valence-corrected chi connectivity index (χ1v) is 8.34. The summed E-state index contributed by atoms with van der Waals surface area (Å²) < 4.78 is 5.34. The van der Waals surface area contributed by atoms with Gasteiger partial charge in [0, 0.05) is 26.3 Å². The predicted octanol–water partition coefficient (Wildman–Crippen LogP) is 0.917. The SMILES string of the molecule is CC(CNC(=O)C1(C(N)=S)CCOCC1)CN1CCCC1. The Labute approximate surface area is 132 Å². The molecule has 120 valence electrons. The molecule has 2 aliphatic heterocycles. The lowest BCUT2D eigenvalue weighted by Crippen LogP contribution is -2.52. The fourth-order valence-electron chi connectivity index (χ4n) is 3.21. The average Bonchev–Trinajstić information content (AvgIpc) is 2.98. The number of carbonyl (C=O) groups excluding carboxylic acids is 1. The molecule has 2 rings (SSSR count). The van der Waals surface area contributed by atoms with E-state index < -0.39 is 5.41 Å². The summed E-state index contributed by atoms with van der Waals surface area (Å²) in [5, 5.41) is 3.06. The van der Waals surface area contributed by atoms with Crippen LogP contribution in [0.2, 0.25) is 0 Å². The van der Waals surface area contributed by atoms with Gasteiger partial charge in [-0.05, 0) is 44.7 Å². The third-order valence-corrected chi connectivity index (χ3v) is 5.02. The maximum atomic E-state index is 12.6. The summed E-state index contributed by atoms with van der Waals surface area (Å²) in [6, 6.07) is 0. The maximum absolute atomic E-state index is 12.6. The summed E-state index contributed by atoms with van der Waals surface area (Å²) in [7, 11) is 0. The number of ether oxygens (including phenoxy) is 1. The standard InChI is InChI=1S/C15H27N3O2S/c1-12(11-18-6-2-3-7-18)10-17-14(19)15(13(16)21)4-8-20-9-5-15/h12H,2-11H2,1H3,(H2,16,21)(H,17,19). The monoisotopic (exact) mass is 313 g/mol. The minimum Gasteiger partial charge on any atom is -0.392 e. The summed E-state index contributed by atoms with van der Waals surface area (Å²) in [6.45, 7) is 7.38. The summed E-state index contributed by atoms with van der Waals surface area (Å²) in [6.07, 6.45) is 3.77. The van der Waals surface area contributed by atoms with E-state index in [1.165, 1.54) is 25.9 Å². The van der Waals surface area contributed by atoms with E-state index in [-0.39, 0.29) is 5.91 Å². The lowest BCUT2D eigenvalue weighted by molar-refractivity contribution is -0.131. The number of hydrogen-bond acceptors (Lipinski definition) is 4. The van der Waals surface area contributed by atoms with Crippen molar-refractivity contribution in [2.45, 2.75) is 32.6 Å². The Morgan fingerprint density at radius 2 is 2.00 bits per heavy atom. The van der Waals surface area contributed by atoms with E-state index >= 15 is 0 Å². The molecule has 1 amide bonds. The Balaban J connectivity index is 1.82. The first kappa shape index (κ1) is 16.6. The van der Waals surface area contributed by atoms with E-state index in [0.29, 0.717) is 43.5 Å². The molecule has 0 aromatic heterocycles. The number of rotatable bonds is 6. The van der Waals surface area contributed by atoms with Crippen molar-refractivity contribution in [1.29, 1.82) is 0 Å². The number of likely N-dealkylation sites (tertiary alicyclic amines) is 1. The van der Waals surface area contributed by atoms with Gasteiger partial charge in [0.05, 0.1) is 4.99 Å². The van der Waals surface area contributed by atoms with Gasteiger partial charge in [-0.2, -0.15) is 0 Å². The zero-order valence-corrected chi connectivity index (χ0v) is 13.7. The van der Waals surface area contributed by atoms with Crippen LogP contribution in [0.15, 0.2) is 0 Å². The van der Waals surface area contributed by atoms with Crippen molar-refractivity contribution in [2.75, 3.05) is 39.4 Å². The molecule has 0 spiro atoms. The third-order valence-electron chi connectivity index (χ3n) is 4.63. The second kappa shape index (κ2) is 7.51. The lowest BCUT2D eigenvalue weighted by Gasteiger charge is -2.35. The molecule has 2 fully saturated rings. The second-order valence-corrected chi connectivity index (χ2v) is 6.82. The first-order chi connectivity index (χ1) is 10.0. The highest BCUT2D eigenvalue weighted by Crippen LogP contribution is 2.31.